The summed E-state index contributed by atoms with van der Waals surface area (Å²) >= 11 is 4.73. The highest BCUT2D eigenvalue weighted by Crippen LogP contribution is 2.12. The zero-order valence-corrected chi connectivity index (χ0v) is 13.9. The van der Waals surface area contributed by atoms with Gasteiger partial charge in [0.25, 0.3) is 0 Å². The quantitative estimate of drug-likeness (QED) is 0.429. The summed E-state index contributed by atoms with van der Waals surface area (Å²) in [6, 6.07) is 30.2. The average molecular weight is 307 g/mol. The first-order valence-electron chi connectivity index (χ1n) is 7.12. The maximum absolute atomic E-state index is 4.73. The second-order valence-corrected chi connectivity index (χ2v) is 9.80. The Morgan fingerprint density at radius 3 is 1.52 bits per heavy atom. The molecule has 3 rings (SSSR count). The molecule has 0 amide bonds. The molecule has 3 aromatic rings. The molecule has 2 heteroatoms. The van der Waals surface area contributed by atoms with Crippen LogP contribution in [0.15, 0.2) is 89.8 Å². The Morgan fingerprint density at radius 2 is 1.05 bits per heavy atom. The van der Waals surface area contributed by atoms with E-state index in [9.17, 15) is 0 Å². The van der Waals surface area contributed by atoms with Crippen molar-refractivity contribution in [3.05, 3.63) is 84.9 Å². The van der Waals surface area contributed by atoms with Crippen LogP contribution >= 0.6 is 12.6 Å². The maximum Gasteiger partial charge on any atom is 0.146 e. The lowest BCUT2D eigenvalue weighted by molar-refractivity contribution is 1.51. The van der Waals surface area contributed by atoms with Crippen LogP contribution in [0.25, 0.3) is 0 Å². The molecule has 0 aliphatic heterocycles. The molecule has 0 radical (unpaired) electrons. The minimum absolute atomic E-state index is 1.08. The van der Waals surface area contributed by atoms with E-state index in [0.717, 1.165) is 4.90 Å². The van der Waals surface area contributed by atoms with E-state index < -0.39 is 8.07 Å². The van der Waals surface area contributed by atoms with E-state index in [2.05, 4.69) is 91.5 Å². The van der Waals surface area contributed by atoms with Crippen molar-refractivity contribution in [2.75, 3.05) is 0 Å². The Hall–Kier alpha value is -1.77. The van der Waals surface area contributed by atoms with Crippen molar-refractivity contribution in [3.8, 4) is 0 Å². The monoisotopic (exact) mass is 306 g/mol. The zero-order chi connectivity index (χ0) is 14.7. The Kier molecular flexibility index (Phi) is 4.00. The smallest absolute Gasteiger partial charge is 0.144 e. The normalized spacial score (nSPS) is 11.3. The molecule has 0 spiro atoms. The molecule has 21 heavy (non-hydrogen) atoms. The van der Waals surface area contributed by atoms with Crippen molar-refractivity contribution < 1.29 is 0 Å². The van der Waals surface area contributed by atoms with Crippen molar-refractivity contribution in [2.24, 2.45) is 0 Å². The maximum atomic E-state index is 4.73. The van der Waals surface area contributed by atoms with Gasteiger partial charge in [-0.05, 0) is 21.6 Å². The Balaban J connectivity index is 2.29. The molecule has 0 fully saturated rings. The topological polar surface area (TPSA) is 0 Å². The van der Waals surface area contributed by atoms with Crippen LogP contribution in [0.5, 0.6) is 0 Å². The van der Waals surface area contributed by atoms with Crippen LogP contribution in [0, 0.1) is 0 Å². The molecule has 0 aliphatic rings. The summed E-state index contributed by atoms with van der Waals surface area (Å²) in [5, 5.41) is 4.20. The third-order valence-corrected chi connectivity index (χ3v) is 9.23. The molecular formula is C19H18SSi. The van der Waals surface area contributed by atoms with E-state index in [1.807, 2.05) is 0 Å². The molecule has 3 aromatic carbocycles. The largest absolute Gasteiger partial charge is 0.146 e. The fourth-order valence-corrected chi connectivity index (χ4v) is 7.45. The molecule has 0 saturated heterocycles. The lowest BCUT2D eigenvalue weighted by Gasteiger charge is -2.30. The standard InChI is InChI=1S/C19H18SSi/c1-21(16-10-4-2-5-11-16,17-12-6-3-7-13-17)19-15-9-8-14-18(19)20/h2-15,20H,1H3. The van der Waals surface area contributed by atoms with E-state index >= 15 is 0 Å². The molecular weight excluding hydrogens is 288 g/mol. The van der Waals surface area contributed by atoms with Crippen LogP contribution in [-0.4, -0.2) is 8.07 Å². The summed E-state index contributed by atoms with van der Waals surface area (Å²) in [4.78, 5) is 1.08. The van der Waals surface area contributed by atoms with E-state index in [-0.39, 0.29) is 0 Å². The second kappa shape index (κ2) is 5.92. The van der Waals surface area contributed by atoms with Gasteiger partial charge in [-0.2, -0.15) is 0 Å². The van der Waals surface area contributed by atoms with Crippen LogP contribution < -0.4 is 15.6 Å². The Labute approximate surface area is 132 Å². The SMILES string of the molecule is C[Si](c1ccccc1)(c1ccccc1)c1ccccc1S. The van der Waals surface area contributed by atoms with Gasteiger partial charge in [0.15, 0.2) is 0 Å². The number of rotatable bonds is 3. The van der Waals surface area contributed by atoms with E-state index in [1.54, 1.807) is 0 Å². The van der Waals surface area contributed by atoms with Gasteiger partial charge in [-0.25, -0.2) is 0 Å². The minimum atomic E-state index is -2.00. The summed E-state index contributed by atoms with van der Waals surface area (Å²) in [7, 11) is -2.00. The van der Waals surface area contributed by atoms with Crippen LogP contribution in [0.4, 0.5) is 0 Å². The van der Waals surface area contributed by atoms with Gasteiger partial charge in [0, 0.05) is 4.90 Å². The third-order valence-electron chi connectivity index (χ3n) is 4.15. The van der Waals surface area contributed by atoms with Gasteiger partial charge in [-0.15, -0.1) is 12.6 Å². The van der Waals surface area contributed by atoms with E-state index in [4.69, 9.17) is 12.6 Å². The molecule has 0 bridgehead atoms. The molecule has 104 valence electrons. The summed E-state index contributed by atoms with van der Waals surface area (Å²) < 4.78 is 0. The van der Waals surface area contributed by atoms with Gasteiger partial charge in [0.05, 0.1) is 0 Å². The number of hydrogen-bond acceptors (Lipinski definition) is 1. The van der Waals surface area contributed by atoms with Gasteiger partial charge in [-0.1, -0.05) is 85.4 Å². The molecule has 0 aliphatic carbocycles. The first-order valence-corrected chi connectivity index (χ1v) is 10.1. The van der Waals surface area contributed by atoms with Crippen molar-refractivity contribution in [1.29, 1.82) is 0 Å². The van der Waals surface area contributed by atoms with Gasteiger partial charge in [0.1, 0.15) is 8.07 Å². The summed E-state index contributed by atoms with van der Waals surface area (Å²) in [6.07, 6.45) is 0. The van der Waals surface area contributed by atoms with Crippen molar-refractivity contribution >= 4 is 36.3 Å². The lowest BCUT2D eigenvalue weighted by atomic mass is 10.3. The second-order valence-electron chi connectivity index (χ2n) is 5.37. The molecule has 0 nitrogen and oxygen atoms in total. The predicted octanol–water partition coefficient (Wildman–Crippen LogP) is 3.08. The van der Waals surface area contributed by atoms with E-state index in [1.165, 1.54) is 15.6 Å². The Bertz CT molecular complexity index is 683. The van der Waals surface area contributed by atoms with Gasteiger partial charge in [0.2, 0.25) is 0 Å². The highest BCUT2D eigenvalue weighted by molar-refractivity contribution is 7.80. The first kappa shape index (κ1) is 14.2. The zero-order valence-electron chi connectivity index (χ0n) is 12.0. The van der Waals surface area contributed by atoms with Crippen LogP contribution in [0.2, 0.25) is 6.55 Å². The Morgan fingerprint density at radius 1 is 0.619 bits per heavy atom. The number of hydrogen-bond donors (Lipinski definition) is 1. The van der Waals surface area contributed by atoms with Gasteiger partial charge < -0.3 is 0 Å². The fourth-order valence-electron chi connectivity index (χ4n) is 2.92. The van der Waals surface area contributed by atoms with Crippen molar-refractivity contribution in [2.45, 2.75) is 11.4 Å². The minimum Gasteiger partial charge on any atom is -0.144 e. The molecule has 0 atom stereocenters. The van der Waals surface area contributed by atoms with Gasteiger partial charge >= 0.3 is 0 Å². The third kappa shape index (κ3) is 2.57. The van der Waals surface area contributed by atoms with Crippen molar-refractivity contribution in [1.82, 2.24) is 0 Å². The molecule has 0 saturated carbocycles. The number of benzene rings is 3. The molecule has 0 heterocycles. The van der Waals surface area contributed by atoms with Gasteiger partial charge in [-0.3, -0.25) is 0 Å². The van der Waals surface area contributed by atoms with E-state index in [0.29, 0.717) is 0 Å². The highest BCUT2D eigenvalue weighted by Gasteiger charge is 2.35. The number of thiol groups is 1. The average Bonchev–Trinajstić information content (AvgIpc) is 2.56. The first-order chi connectivity index (χ1) is 10.2. The summed E-state index contributed by atoms with van der Waals surface area (Å²) in [5.41, 5.74) is 0. The lowest BCUT2D eigenvalue weighted by Crippen LogP contribution is -2.65. The highest BCUT2D eigenvalue weighted by atomic mass is 32.1. The van der Waals surface area contributed by atoms with Crippen LogP contribution in [0.3, 0.4) is 0 Å². The summed E-state index contributed by atoms with van der Waals surface area (Å²) in [6.45, 7) is 2.41. The summed E-state index contributed by atoms with van der Waals surface area (Å²) in [5.74, 6) is 0. The van der Waals surface area contributed by atoms with Crippen LogP contribution in [-0.2, 0) is 0 Å². The predicted molar refractivity (Wildman–Crippen MR) is 97.1 cm³/mol. The fraction of sp³-hybridized carbons (Fsp3) is 0.0526. The molecule has 0 N–H and O–H groups in total. The molecule has 0 unspecified atom stereocenters. The van der Waals surface area contributed by atoms with Crippen molar-refractivity contribution in [3.63, 3.8) is 0 Å². The van der Waals surface area contributed by atoms with Crippen LogP contribution in [0.1, 0.15) is 0 Å². The molecule has 0 aromatic heterocycles.